The number of fused-ring (bicyclic) bond motifs is 1. The second kappa shape index (κ2) is 7.51. The van der Waals surface area contributed by atoms with E-state index in [-0.39, 0.29) is 11.8 Å². The molecule has 142 valence electrons. The number of methoxy groups -OCH3 is 2. The van der Waals surface area contributed by atoms with E-state index in [1.165, 1.54) is 0 Å². The molecular weight excluding hydrogens is 342 g/mol. The summed E-state index contributed by atoms with van der Waals surface area (Å²) < 4.78 is 16.7. The molecular formula is C22H25NO4. The van der Waals surface area contributed by atoms with Crippen molar-refractivity contribution in [3.63, 3.8) is 0 Å². The number of benzene rings is 2. The number of nitrogens with zero attached hydrogens (tertiary/aromatic N) is 1. The summed E-state index contributed by atoms with van der Waals surface area (Å²) in [5, 5.41) is 0. The third kappa shape index (κ3) is 3.34. The zero-order chi connectivity index (χ0) is 18.8. The summed E-state index contributed by atoms with van der Waals surface area (Å²) in [6.07, 6.45) is 2.90. The number of carbonyl (C=O) groups excluding carboxylic acids is 1. The Bertz CT molecular complexity index is 848. The number of para-hydroxylation sites is 1. The van der Waals surface area contributed by atoms with Crippen LogP contribution in [0.4, 0.5) is 0 Å². The van der Waals surface area contributed by atoms with Gasteiger partial charge in [-0.1, -0.05) is 12.1 Å². The van der Waals surface area contributed by atoms with Gasteiger partial charge in [0.2, 0.25) is 0 Å². The maximum Gasteiger partial charge on any atom is 0.253 e. The van der Waals surface area contributed by atoms with E-state index < -0.39 is 0 Å². The molecule has 1 atom stereocenters. The third-order valence-electron chi connectivity index (χ3n) is 5.50. The van der Waals surface area contributed by atoms with Crippen molar-refractivity contribution in [3.05, 3.63) is 53.1 Å². The summed E-state index contributed by atoms with van der Waals surface area (Å²) >= 11 is 0. The zero-order valence-corrected chi connectivity index (χ0v) is 15.9. The predicted molar refractivity (Wildman–Crippen MR) is 103 cm³/mol. The Hall–Kier alpha value is -2.69. The van der Waals surface area contributed by atoms with Crippen LogP contribution in [-0.4, -0.2) is 44.7 Å². The normalized spacial score (nSPS) is 18.6. The van der Waals surface area contributed by atoms with E-state index in [2.05, 4.69) is 6.07 Å². The summed E-state index contributed by atoms with van der Waals surface area (Å²) in [6, 6.07) is 11.7. The van der Waals surface area contributed by atoms with Crippen molar-refractivity contribution in [2.75, 3.05) is 33.9 Å². The second-order valence-corrected chi connectivity index (χ2v) is 7.09. The van der Waals surface area contributed by atoms with Crippen LogP contribution in [0.2, 0.25) is 0 Å². The van der Waals surface area contributed by atoms with Gasteiger partial charge in [0.15, 0.2) is 11.5 Å². The number of amides is 1. The Morgan fingerprint density at radius 2 is 2.07 bits per heavy atom. The monoisotopic (exact) mass is 367 g/mol. The van der Waals surface area contributed by atoms with Gasteiger partial charge in [0.1, 0.15) is 5.75 Å². The standard InChI is InChI=1S/C22H25NO4/c1-25-20-7-3-6-18(21(20)26-2)17-10-11-23(14-17)22(24)16-8-9-19-15(13-16)5-4-12-27-19/h3,6-9,13,17H,4-5,10-12,14H2,1-2H3/t17-/m0/s1. The van der Waals surface area contributed by atoms with Crippen LogP contribution in [0.3, 0.4) is 0 Å². The first-order chi connectivity index (χ1) is 13.2. The first-order valence-electron chi connectivity index (χ1n) is 9.47. The van der Waals surface area contributed by atoms with E-state index in [1.54, 1.807) is 14.2 Å². The number of hydrogen-bond donors (Lipinski definition) is 0. The molecule has 2 aromatic rings. The molecule has 1 amide bonds. The molecule has 4 rings (SSSR count). The van der Waals surface area contributed by atoms with Crippen LogP contribution in [0.5, 0.6) is 17.2 Å². The number of rotatable bonds is 4. The highest BCUT2D eigenvalue weighted by Gasteiger charge is 2.31. The molecule has 1 fully saturated rings. The van der Waals surface area contributed by atoms with Crippen LogP contribution in [0.15, 0.2) is 36.4 Å². The van der Waals surface area contributed by atoms with Gasteiger partial charge in [-0.05, 0) is 49.1 Å². The molecule has 0 radical (unpaired) electrons. The van der Waals surface area contributed by atoms with E-state index in [0.29, 0.717) is 6.54 Å². The zero-order valence-electron chi connectivity index (χ0n) is 15.9. The third-order valence-corrected chi connectivity index (χ3v) is 5.50. The maximum absolute atomic E-state index is 13.0. The molecule has 2 aliphatic rings. The maximum atomic E-state index is 13.0. The van der Waals surface area contributed by atoms with E-state index in [9.17, 15) is 4.79 Å². The quantitative estimate of drug-likeness (QED) is 0.827. The minimum absolute atomic E-state index is 0.0905. The molecule has 0 aromatic heterocycles. The fourth-order valence-electron chi connectivity index (χ4n) is 4.11. The molecule has 27 heavy (non-hydrogen) atoms. The highest BCUT2D eigenvalue weighted by molar-refractivity contribution is 5.95. The minimum atomic E-state index is 0.0905. The molecule has 2 aromatic carbocycles. The fraction of sp³-hybridized carbons (Fsp3) is 0.409. The Morgan fingerprint density at radius 3 is 2.89 bits per heavy atom. The summed E-state index contributed by atoms with van der Waals surface area (Å²) in [7, 11) is 3.31. The van der Waals surface area contributed by atoms with Gasteiger partial charge in [0.05, 0.1) is 20.8 Å². The van der Waals surface area contributed by atoms with Gasteiger partial charge in [0.25, 0.3) is 5.91 Å². The van der Waals surface area contributed by atoms with Crippen molar-refractivity contribution in [3.8, 4) is 17.2 Å². The first-order valence-corrected chi connectivity index (χ1v) is 9.47. The van der Waals surface area contributed by atoms with E-state index in [0.717, 1.165) is 66.4 Å². The molecule has 0 N–H and O–H groups in total. The van der Waals surface area contributed by atoms with Gasteiger partial charge in [-0.2, -0.15) is 0 Å². The molecule has 1 saturated heterocycles. The Morgan fingerprint density at radius 1 is 1.19 bits per heavy atom. The van der Waals surface area contributed by atoms with E-state index in [1.807, 2.05) is 35.2 Å². The minimum Gasteiger partial charge on any atom is -0.493 e. The SMILES string of the molecule is COc1cccc([C@H]2CCN(C(=O)c3ccc4c(c3)CCCO4)C2)c1OC. The molecule has 0 spiro atoms. The lowest BCUT2D eigenvalue weighted by Crippen LogP contribution is -2.28. The van der Waals surface area contributed by atoms with Gasteiger partial charge >= 0.3 is 0 Å². The Labute approximate surface area is 159 Å². The molecule has 5 heteroatoms. The average molecular weight is 367 g/mol. The fourth-order valence-corrected chi connectivity index (χ4v) is 4.11. The summed E-state index contributed by atoms with van der Waals surface area (Å²) in [4.78, 5) is 15.0. The molecule has 0 aliphatic carbocycles. The summed E-state index contributed by atoms with van der Waals surface area (Å²) in [5.74, 6) is 2.76. The molecule has 0 bridgehead atoms. The summed E-state index contributed by atoms with van der Waals surface area (Å²) in [6.45, 7) is 2.20. The highest BCUT2D eigenvalue weighted by Crippen LogP contribution is 2.39. The smallest absolute Gasteiger partial charge is 0.253 e. The topological polar surface area (TPSA) is 48.0 Å². The summed E-state index contributed by atoms with van der Waals surface area (Å²) in [5.41, 5.74) is 2.99. The number of hydrogen-bond acceptors (Lipinski definition) is 4. The van der Waals surface area contributed by atoms with Gasteiger partial charge < -0.3 is 19.1 Å². The molecule has 5 nitrogen and oxygen atoms in total. The number of likely N-dealkylation sites (tertiary alicyclic amines) is 1. The van der Waals surface area contributed by atoms with Crippen LogP contribution in [0.1, 0.15) is 40.2 Å². The lowest BCUT2D eigenvalue weighted by Gasteiger charge is -2.21. The number of ether oxygens (including phenoxy) is 3. The van der Waals surface area contributed by atoms with Crippen molar-refractivity contribution < 1.29 is 19.0 Å². The molecule has 0 saturated carbocycles. The van der Waals surface area contributed by atoms with Crippen molar-refractivity contribution in [1.82, 2.24) is 4.90 Å². The Balaban J connectivity index is 1.52. The van der Waals surface area contributed by atoms with Crippen LogP contribution in [0, 0.1) is 0 Å². The number of carbonyl (C=O) groups is 1. The lowest BCUT2D eigenvalue weighted by molar-refractivity contribution is 0.0790. The molecule has 2 heterocycles. The second-order valence-electron chi connectivity index (χ2n) is 7.09. The van der Waals surface area contributed by atoms with Crippen LogP contribution >= 0.6 is 0 Å². The van der Waals surface area contributed by atoms with E-state index >= 15 is 0 Å². The van der Waals surface area contributed by atoms with Gasteiger partial charge in [0, 0.05) is 30.1 Å². The van der Waals surface area contributed by atoms with Crippen LogP contribution in [0.25, 0.3) is 0 Å². The van der Waals surface area contributed by atoms with E-state index in [4.69, 9.17) is 14.2 Å². The van der Waals surface area contributed by atoms with Crippen molar-refractivity contribution in [2.24, 2.45) is 0 Å². The van der Waals surface area contributed by atoms with Crippen molar-refractivity contribution in [1.29, 1.82) is 0 Å². The van der Waals surface area contributed by atoms with Crippen molar-refractivity contribution in [2.45, 2.75) is 25.2 Å². The predicted octanol–water partition coefficient (Wildman–Crippen LogP) is 3.66. The highest BCUT2D eigenvalue weighted by atomic mass is 16.5. The van der Waals surface area contributed by atoms with Gasteiger partial charge in [-0.3, -0.25) is 4.79 Å². The lowest BCUT2D eigenvalue weighted by atomic mass is 9.97. The average Bonchev–Trinajstić information content (AvgIpc) is 3.22. The first kappa shape index (κ1) is 17.7. The van der Waals surface area contributed by atoms with Gasteiger partial charge in [-0.25, -0.2) is 0 Å². The van der Waals surface area contributed by atoms with Gasteiger partial charge in [-0.15, -0.1) is 0 Å². The van der Waals surface area contributed by atoms with Crippen LogP contribution < -0.4 is 14.2 Å². The Kier molecular flexibility index (Phi) is 4.92. The molecule has 0 unspecified atom stereocenters. The largest absolute Gasteiger partial charge is 0.493 e. The van der Waals surface area contributed by atoms with Crippen molar-refractivity contribution >= 4 is 5.91 Å². The number of aryl methyl sites for hydroxylation is 1. The van der Waals surface area contributed by atoms with Crippen LogP contribution in [-0.2, 0) is 6.42 Å². The molecule has 2 aliphatic heterocycles.